The Morgan fingerprint density at radius 3 is 2.83 bits per heavy atom. The molecule has 1 fully saturated rings. The van der Waals surface area contributed by atoms with E-state index in [4.69, 9.17) is 0 Å². The van der Waals surface area contributed by atoms with E-state index in [9.17, 15) is 18.7 Å². The number of rotatable bonds is 3. The van der Waals surface area contributed by atoms with Crippen LogP contribution in [-0.2, 0) is 11.2 Å². The number of halogens is 2. The van der Waals surface area contributed by atoms with Gasteiger partial charge in [-0.05, 0) is 43.7 Å². The molecule has 1 saturated heterocycles. The molecule has 1 N–H and O–H groups in total. The summed E-state index contributed by atoms with van der Waals surface area (Å²) in [6.45, 7) is 2.10. The lowest BCUT2D eigenvalue weighted by molar-refractivity contribution is -0.131. The maximum Gasteiger partial charge on any atom is 0.228 e. The number of hydrogen-bond donors (Lipinski definition) is 1. The Hall–Kier alpha value is -1.79. The van der Waals surface area contributed by atoms with Crippen LogP contribution < -0.4 is 0 Å². The Bertz CT molecular complexity index is 731. The number of aliphatic hydroxyl groups is 1. The summed E-state index contributed by atoms with van der Waals surface area (Å²) >= 11 is 1.53. The molecule has 6 heteroatoms. The van der Waals surface area contributed by atoms with Gasteiger partial charge in [0.25, 0.3) is 0 Å². The van der Waals surface area contributed by atoms with E-state index in [2.05, 4.69) is 0 Å². The summed E-state index contributed by atoms with van der Waals surface area (Å²) in [6.07, 6.45) is -0.300. The van der Waals surface area contributed by atoms with Gasteiger partial charge in [-0.15, -0.1) is 11.3 Å². The van der Waals surface area contributed by atoms with Gasteiger partial charge >= 0.3 is 0 Å². The topological polar surface area (TPSA) is 40.5 Å². The summed E-state index contributed by atoms with van der Waals surface area (Å²) in [7, 11) is 0. The van der Waals surface area contributed by atoms with Crippen molar-refractivity contribution in [1.29, 1.82) is 0 Å². The number of benzene rings is 1. The first kappa shape index (κ1) is 16.1. The second-order valence-electron chi connectivity index (χ2n) is 5.81. The van der Waals surface area contributed by atoms with Crippen molar-refractivity contribution in [1.82, 2.24) is 4.90 Å². The molecule has 122 valence electrons. The van der Waals surface area contributed by atoms with Crippen LogP contribution in [0, 0.1) is 18.6 Å². The number of aliphatic hydroxyl groups excluding tert-OH is 1. The van der Waals surface area contributed by atoms with Crippen molar-refractivity contribution in [2.45, 2.75) is 31.9 Å². The van der Waals surface area contributed by atoms with Crippen LogP contribution in [0.1, 0.15) is 27.8 Å². The number of carbonyl (C=O) groups excluding carboxylic acids is 1. The van der Waals surface area contributed by atoms with Crippen molar-refractivity contribution >= 4 is 17.2 Å². The lowest BCUT2D eigenvalue weighted by atomic mass is 10.0. The largest absolute Gasteiger partial charge is 0.391 e. The highest BCUT2D eigenvalue weighted by Crippen LogP contribution is 2.34. The Labute approximate surface area is 137 Å². The molecule has 1 amide bonds. The molecule has 1 aromatic carbocycles. The van der Waals surface area contributed by atoms with Crippen LogP contribution in [0.4, 0.5) is 8.78 Å². The Kier molecular flexibility index (Phi) is 4.46. The van der Waals surface area contributed by atoms with Crippen LogP contribution in [0.15, 0.2) is 30.3 Å². The van der Waals surface area contributed by atoms with Gasteiger partial charge in [0, 0.05) is 21.9 Å². The minimum atomic E-state index is -0.725. The molecular weight excluding hydrogens is 320 g/mol. The van der Waals surface area contributed by atoms with Gasteiger partial charge in [-0.2, -0.15) is 0 Å². The number of hydrogen-bond acceptors (Lipinski definition) is 3. The first-order chi connectivity index (χ1) is 10.9. The van der Waals surface area contributed by atoms with Crippen LogP contribution in [0.5, 0.6) is 0 Å². The smallest absolute Gasteiger partial charge is 0.228 e. The molecule has 3 rings (SSSR count). The van der Waals surface area contributed by atoms with Gasteiger partial charge in [0.05, 0.1) is 18.6 Å². The fraction of sp³-hybridized carbons (Fsp3) is 0.353. The molecule has 0 radical (unpaired) electrons. The molecular formula is C17H17F2NO2S. The number of β-amino-alcohol motifs (C(OH)–C–C–N with tert-alkyl or cyclic N) is 1. The highest BCUT2D eigenvalue weighted by molar-refractivity contribution is 7.12. The summed E-state index contributed by atoms with van der Waals surface area (Å²) in [5, 5.41) is 9.90. The third kappa shape index (κ3) is 3.43. The second-order valence-corrected chi connectivity index (χ2v) is 7.18. The maximum atomic E-state index is 14.0. The van der Waals surface area contributed by atoms with Gasteiger partial charge in [0.2, 0.25) is 5.91 Å². The normalized spacial score (nSPS) is 21.0. The lowest BCUT2D eigenvalue weighted by Gasteiger charge is -2.25. The molecule has 3 nitrogen and oxygen atoms in total. The molecule has 2 unspecified atom stereocenters. The van der Waals surface area contributed by atoms with E-state index in [1.54, 1.807) is 0 Å². The average molecular weight is 337 g/mol. The fourth-order valence-electron chi connectivity index (χ4n) is 2.98. The summed E-state index contributed by atoms with van der Waals surface area (Å²) in [5.41, 5.74) is 0.122. The first-order valence-corrected chi connectivity index (χ1v) is 8.23. The van der Waals surface area contributed by atoms with E-state index in [0.717, 1.165) is 28.0 Å². The maximum absolute atomic E-state index is 14.0. The quantitative estimate of drug-likeness (QED) is 0.934. The molecule has 0 bridgehead atoms. The van der Waals surface area contributed by atoms with Crippen LogP contribution in [0.3, 0.4) is 0 Å². The minimum absolute atomic E-state index is 0.122. The summed E-state index contributed by atoms with van der Waals surface area (Å²) in [5.74, 6) is -1.30. The highest BCUT2D eigenvalue weighted by atomic mass is 32.1. The lowest BCUT2D eigenvalue weighted by Crippen LogP contribution is -2.33. The first-order valence-electron chi connectivity index (χ1n) is 7.42. The Balaban J connectivity index is 1.84. The van der Waals surface area contributed by atoms with Gasteiger partial charge in [0.1, 0.15) is 11.6 Å². The Morgan fingerprint density at radius 1 is 1.35 bits per heavy atom. The summed E-state index contributed by atoms with van der Waals surface area (Å²) in [6, 6.07) is 6.41. The van der Waals surface area contributed by atoms with Crippen molar-refractivity contribution in [2.75, 3.05) is 6.54 Å². The standard InChI is InChI=1S/C17H17F2NO2S/c1-10-2-4-13(23-10)8-17(22)20-9-12(21)7-16(20)14-6-11(18)3-5-15(14)19/h2-6,12,16,21H,7-9H2,1H3. The third-order valence-electron chi connectivity index (χ3n) is 4.04. The van der Waals surface area contributed by atoms with Gasteiger partial charge in [-0.25, -0.2) is 8.78 Å². The predicted molar refractivity (Wildman–Crippen MR) is 84.2 cm³/mol. The number of aryl methyl sites for hydroxylation is 1. The third-order valence-corrected chi connectivity index (χ3v) is 5.04. The van der Waals surface area contributed by atoms with Gasteiger partial charge in [0.15, 0.2) is 0 Å². The molecule has 1 aromatic heterocycles. The van der Waals surface area contributed by atoms with Gasteiger partial charge in [-0.3, -0.25) is 4.79 Å². The van der Waals surface area contributed by atoms with Crippen molar-refractivity contribution < 1.29 is 18.7 Å². The summed E-state index contributed by atoms with van der Waals surface area (Å²) in [4.78, 5) is 16.0. The van der Waals surface area contributed by atoms with Crippen molar-refractivity contribution in [2.24, 2.45) is 0 Å². The van der Waals surface area contributed by atoms with Gasteiger partial charge < -0.3 is 10.0 Å². The fourth-order valence-corrected chi connectivity index (χ4v) is 3.87. The molecule has 0 aliphatic carbocycles. The number of amides is 1. The van der Waals surface area contributed by atoms with E-state index >= 15 is 0 Å². The minimum Gasteiger partial charge on any atom is -0.391 e. The molecule has 0 spiro atoms. The zero-order valence-corrected chi connectivity index (χ0v) is 13.4. The van der Waals surface area contributed by atoms with Crippen LogP contribution in [-0.4, -0.2) is 28.6 Å². The zero-order valence-electron chi connectivity index (χ0n) is 12.6. The van der Waals surface area contributed by atoms with E-state index in [1.807, 2.05) is 19.1 Å². The molecule has 2 atom stereocenters. The molecule has 2 heterocycles. The van der Waals surface area contributed by atoms with E-state index < -0.39 is 23.8 Å². The summed E-state index contributed by atoms with van der Waals surface area (Å²) < 4.78 is 27.5. The van der Waals surface area contributed by atoms with Crippen LogP contribution in [0.2, 0.25) is 0 Å². The molecule has 2 aromatic rings. The van der Waals surface area contributed by atoms with E-state index in [1.165, 1.54) is 16.2 Å². The van der Waals surface area contributed by atoms with Gasteiger partial charge in [-0.1, -0.05) is 0 Å². The predicted octanol–water partition coefficient (Wildman–Crippen LogP) is 3.21. The Morgan fingerprint density at radius 2 is 2.13 bits per heavy atom. The van der Waals surface area contributed by atoms with Crippen LogP contribution in [0.25, 0.3) is 0 Å². The van der Waals surface area contributed by atoms with E-state index in [0.29, 0.717) is 0 Å². The van der Waals surface area contributed by atoms with E-state index in [-0.39, 0.29) is 30.9 Å². The molecule has 0 saturated carbocycles. The number of likely N-dealkylation sites (tertiary alicyclic amines) is 1. The zero-order chi connectivity index (χ0) is 16.6. The van der Waals surface area contributed by atoms with Crippen molar-refractivity contribution in [3.05, 3.63) is 57.3 Å². The molecule has 1 aliphatic heterocycles. The highest BCUT2D eigenvalue weighted by Gasteiger charge is 2.36. The molecule has 1 aliphatic rings. The monoisotopic (exact) mass is 337 g/mol. The number of nitrogens with zero attached hydrogens (tertiary/aromatic N) is 1. The molecule has 23 heavy (non-hydrogen) atoms. The van der Waals surface area contributed by atoms with Crippen LogP contribution >= 0.6 is 11.3 Å². The second kappa shape index (κ2) is 6.37. The van der Waals surface area contributed by atoms with Crippen molar-refractivity contribution in [3.63, 3.8) is 0 Å². The van der Waals surface area contributed by atoms with Crippen molar-refractivity contribution in [3.8, 4) is 0 Å². The number of carbonyl (C=O) groups is 1. The average Bonchev–Trinajstić information content (AvgIpc) is 3.07. The number of thiophene rings is 1. The SMILES string of the molecule is Cc1ccc(CC(=O)N2CC(O)CC2c2cc(F)ccc2F)s1.